The number of rotatable bonds is 4. The zero-order chi connectivity index (χ0) is 14.5. The molecule has 3 nitrogen and oxygen atoms in total. The molecule has 1 unspecified atom stereocenters. The van der Waals surface area contributed by atoms with Crippen LogP contribution in [0, 0.1) is 0 Å². The lowest BCUT2D eigenvalue weighted by molar-refractivity contribution is -0.0371. The second-order valence-electron chi connectivity index (χ2n) is 6.60. The van der Waals surface area contributed by atoms with Crippen LogP contribution in [0.1, 0.15) is 55.8 Å². The largest absolute Gasteiger partial charge is 0.376 e. The fourth-order valence-electron chi connectivity index (χ4n) is 3.56. The predicted molar refractivity (Wildman–Crippen MR) is 84.3 cm³/mol. The van der Waals surface area contributed by atoms with Gasteiger partial charge in [-0.15, -0.1) is 0 Å². The van der Waals surface area contributed by atoms with E-state index in [1.807, 2.05) is 0 Å². The molecule has 1 saturated carbocycles. The molecule has 116 valence electrons. The van der Waals surface area contributed by atoms with Gasteiger partial charge in [-0.2, -0.15) is 0 Å². The van der Waals surface area contributed by atoms with Crippen LogP contribution in [0.25, 0.3) is 0 Å². The SMILES string of the molecule is NC1(COCC2OCCc3ccccc32)CCCCCC1. The van der Waals surface area contributed by atoms with E-state index in [4.69, 9.17) is 15.2 Å². The van der Waals surface area contributed by atoms with Crippen LogP contribution < -0.4 is 5.73 Å². The molecule has 0 spiro atoms. The van der Waals surface area contributed by atoms with E-state index >= 15 is 0 Å². The zero-order valence-electron chi connectivity index (χ0n) is 12.9. The van der Waals surface area contributed by atoms with Crippen LogP contribution >= 0.6 is 0 Å². The molecule has 0 radical (unpaired) electrons. The standard InChI is InChI=1S/C18H27NO2/c19-18(10-5-1-2-6-11-18)14-20-13-17-16-8-4-3-7-15(16)9-12-21-17/h3-4,7-8,17H,1-2,5-6,9-14,19H2. The van der Waals surface area contributed by atoms with Crippen molar-refractivity contribution in [3.8, 4) is 0 Å². The number of fused-ring (bicyclic) bond motifs is 1. The maximum atomic E-state index is 6.50. The van der Waals surface area contributed by atoms with Crippen molar-refractivity contribution in [1.29, 1.82) is 0 Å². The van der Waals surface area contributed by atoms with E-state index in [0.29, 0.717) is 13.2 Å². The Morgan fingerprint density at radius 2 is 1.90 bits per heavy atom. The molecule has 1 heterocycles. The minimum Gasteiger partial charge on any atom is -0.376 e. The number of benzene rings is 1. The fraction of sp³-hybridized carbons (Fsp3) is 0.667. The van der Waals surface area contributed by atoms with Gasteiger partial charge in [-0.1, -0.05) is 49.9 Å². The lowest BCUT2D eigenvalue weighted by Gasteiger charge is -2.30. The van der Waals surface area contributed by atoms with Crippen LogP contribution in [0.15, 0.2) is 24.3 Å². The molecular formula is C18H27NO2. The Bertz CT molecular complexity index is 452. The Morgan fingerprint density at radius 3 is 2.71 bits per heavy atom. The summed E-state index contributed by atoms with van der Waals surface area (Å²) < 4.78 is 11.9. The van der Waals surface area contributed by atoms with Gasteiger partial charge in [-0.05, 0) is 30.4 Å². The minimum absolute atomic E-state index is 0.0735. The van der Waals surface area contributed by atoms with Crippen molar-refractivity contribution in [2.45, 2.75) is 56.6 Å². The second-order valence-corrected chi connectivity index (χ2v) is 6.60. The highest BCUT2D eigenvalue weighted by Crippen LogP contribution is 2.29. The van der Waals surface area contributed by atoms with Gasteiger partial charge in [0.05, 0.1) is 19.8 Å². The fourth-order valence-corrected chi connectivity index (χ4v) is 3.56. The quantitative estimate of drug-likeness (QED) is 0.864. The van der Waals surface area contributed by atoms with Gasteiger partial charge < -0.3 is 15.2 Å². The highest BCUT2D eigenvalue weighted by atomic mass is 16.5. The molecule has 1 atom stereocenters. The molecule has 3 rings (SSSR count). The van der Waals surface area contributed by atoms with Crippen molar-refractivity contribution in [2.75, 3.05) is 19.8 Å². The highest BCUT2D eigenvalue weighted by molar-refractivity contribution is 5.30. The molecule has 3 heteroatoms. The summed E-state index contributed by atoms with van der Waals surface area (Å²) in [6, 6.07) is 8.53. The molecule has 2 aliphatic rings. The van der Waals surface area contributed by atoms with Crippen molar-refractivity contribution in [2.24, 2.45) is 5.73 Å². The maximum absolute atomic E-state index is 6.50. The molecule has 1 aliphatic carbocycles. The summed E-state index contributed by atoms with van der Waals surface area (Å²) in [6.45, 7) is 2.07. The molecule has 1 aromatic rings. The predicted octanol–water partition coefficient (Wildman–Crippen LogP) is 3.37. The van der Waals surface area contributed by atoms with E-state index in [1.54, 1.807) is 0 Å². The molecule has 0 amide bonds. The third kappa shape index (κ3) is 3.85. The van der Waals surface area contributed by atoms with Crippen LogP contribution in [0.4, 0.5) is 0 Å². The Balaban J connectivity index is 1.54. The number of hydrogen-bond acceptors (Lipinski definition) is 3. The van der Waals surface area contributed by atoms with Gasteiger partial charge in [0.15, 0.2) is 0 Å². The molecule has 1 aromatic carbocycles. The van der Waals surface area contributed by atoms with Crippen LogP contribution in [0.3, 0.4) is 0 Å². The van der Waals surface area contributed by atoms with E-state index < -0.39 is 0 Å². The van der Waals surface area contributed by atoms with Crippen molar-refractivity contribution >= 4 is 0 Å². The third-order valence-corrected chi connectivity index (χ3v) is 4.85. The smallest absolute Gasteiger partial charge is 0.106 e. The Labute approximate surface area is 127 Å². The van der Waals surface area contributed by atoms with Gasteiger partial charge in [0, 0.05) is 5.54 Å². The molecule has 2 N–H and O–H groups in total. The topological polar surface area (TPSA) is 44.5 Å². The van der Waals surface area contributed by atoms with Gasteiger partial charge in [0.25, 0.3) is 0 Å². The average Bonchev–Trinajstić information content (AvgIpc) is 2.73. The monoisotopic (exact) mass is 289 g/mol. The normalized spacial score (nSPS) is 25.1. The first-order valence-electron chi connectivity index (χ1n) is 8.33. The second kappa shape index (κ2) is 6.91. The van der Waals surface area contributed by atoms with Crippen LogP contribution in [0.5, 0.6) is 0 Å². The summed E-state index contributed by atoms with van der Waals surface area (Å²) in [6.07, 6.45) is 8.38. The highest BCUT2D eigenvalue weighted by Gasteiger charge is 2.27. The third-order valence-electron chi connectivity index (χ3n) is 4.85. The van der Waals surface area contributed by atoms with Gasteiger partial charge >= 0.3 is 0 Å². The lowest BCUT2D eigenvalue weighted by Crippen LogP contribution is -2.44. The molecule has 0 aromatic heterocycles. The van der Waals surface area contributed by atoms with Crippen molar-refractivity contribution in [3.05, 3.63) is 35.4 Å². The van der Waals surface area contributed by atoms with Gasteiger partial charge in [0.2, 0.25) is 0 Å². The summed E-state index contributed by atoms with van der Waals surface area (Å²) in [5.74, 6) is 0. The van der Waals surface area contributed by atoms with Crippen LogP contribution in [0.2, 0.25) is 0 Å². The van der Waals surface area contributed by atoms with Gasteiger partial charge in [0.1, 0.15) is 6.10 Å². The molecule has 0 saturated heterocycles. The summed E-state index contributed by atoms with van der Waals surface area (Å²) in [5.41, 5.74) is 9.07. The van der Waals surface area contributed by atoms with Crippen molar-refractivity contribution in [3.63, 3.8) is 0 Å². The maximum Gasteiger partial charge on any atom is 0.106 e. The van der Waals surface area contributed by atoms with E-state index in [0.717, 1.165) is 25.9 Å². The minimum atomic E-state index is -0.120. The molecule has 1 aliphatic heterocycles. The first-order chi connectivity index (χ1) is 10.3. The van der Waals surface area contributed by atoms with Crippen LogP contribution in [-0.4, -0.2) is 25.4 Å². The lowest BCUT2D eigenvalue weighted by atomic mass is 9.92. The first-order valence-corrected chi connectivity index (χ1v) is 8.33. The Hall–Kier alpha value is -0.900. The number of nitrogens with two attached hydrogens (primary N) is 1. The molecule has 1 fully saturated rings. The Morgan fingerprint density at radius 1 is 1.14 bits per heavy atom. The average molecular weight is 289 g/mol. The summed E-state index contributed by atoms with van der Waals surface area (Å²) in [7, 11) is 0. The van der Waals surface area contributed by atoms with Crippen molar-refractivity contribution < 1.29 is 9.47 Å². The van der Waals surface area contributed by atoms with Gasteiger partial charge in [-0.3, -0.25) is 0 Å². The van der Waals surface area contributed by atoms with Gasteiger partial charge in [-0.25, -0.2) is 0 Å². The number of hydrogen-bond donors (Lipinski definition) is 1. The van der Waals surface area contributed by atoms with E-state index in [2.05, 4.69) is 24.3 Å². The molecule has 21 heavy (non-hydrogen) atoms. The van der Waals surface area contributed by atoms with Crippen molar-refractivity contribution in [1.82, 2.24) is 0 Å². The zero-order valence-corrected chi connectivity index (χ0v) is 12.9. The van der Waals surface area contributed by atoms with E-state index in [9.17, 15) is 0 Å². The van der Waals surface area contributed by atoms with E-state index in [-0.39, 0.29) is 11.6 Å². The summed E-state index contributed by atoms with van der Waals surface area (Å²) in [5, 5.41) is 0. The summed E-state index contributed by atoms with van der Waals surface area (Å²) in [4.78, 5) is 0. The molecular weight excluding hydrogens is 262 g/mol. The molecule has 0 bridgehead atoms. The van der Waals surface area contributed by atoms with E-state index in [1.165, 1.54) is 36.8 Å². The Kier molecular flexibility index (Phi) is 4.94. The van der Waals surface area contributed by atoms with Crippen LogP contribution in [-0.2, 0) is 15.9 Å². The summed E-state index contributed by atoms with van der Waals surface area (Å²) >= 11 is 0. The first kappa shape index (κ1) is 15.0. The number of ether oxygens (including phenoxy) is 2.